The Labute approximate surface area is 105 Å². The molecule has 0 radical (unpaired) electrons. The number of halogens is 3. The number of alkyl halides is 3. The van der Waals surface area contributed by atoms with Crippen LogP contribution < -0.4 is 11.1 Å². The van der Waals surface area contributed by atoms with Crippen molar-refractivity contribution in [3.05, 3.63) is 0 Å². The third kappa shape index (κ3) is 5.68. The van der Waals surface area contributed by atoms with E-state index in [-0.39, 0.29) is 13.2 Å². The second-order valence-corrected chi connectivity index (χ2v) is 4.75. The summed E-state index contributed by atoms with van der Waals surface area (Å²) in [5.41, 5.74) is 2.07. The molecular formula is C11H21F3N2O2. The van der Waals surface area contributed by atoms with Crippen LogP contribution >= 0.6 is 0 Å². The lowest BCUT2D eigenvalue weighted by Crippen LogP contribution is -2.61. The highest BCUT2D eigenvalue weighted by Crippen LogP contribution is 2.27. The zero-order valence-corrected chi connectivity index (χ0v) is 10.9. The third-order valence-corrected chi connectivity index (χ3v) is 2.43. The van der Waals surface area contributed by atoms with E-state index in [4.69, 9.17) is 10.5 Å². The van der Waals surface area contributed by atoms with E-state index in [1.54, 1.807) is 0 Å². The quantitative estimate of drug-likeness (QED) is 0.688. The molecule has 0 heterocycles. The van der Waals surface area contributed by atoms with Gasteiger partial charge in [0, 0.05) is 13.2 Å². The molecule has 0 fully saturated rings. The fourth-order valence-corrected chi connectivity index (χ4v) is 0.970. The van der Waals surface area contributed by atoms with Crippen molar-refractivity contribution in [3.8, 4) is 0 Å². The van der Waals surface area contributed by atoms with E-state index in [0.717, 1.165) is 6.42 Å². The van der Waals surface area contributed by atoms with Gasteiger partial charge in [-0.2, -0.15) is 13.2 Å². The minimum absolute atomic E-state index is 0.0137. The van der Waals surface area contributed by atoms with E-state index in [1.807, 2.05) is 13.8 Å². The van der Waals surface area contributed by atoms with Crippen molar-refractivity contribution in [1.82, 2.24) is 5.32 Å². The summed E-state index contributed by atoms with van der Waals surface area (Å²) < 4.78 is 42.3. The number of hydrogen-bond acceptors (Lipinski definition) is 3. The molecule has 1 unspecified atom stereocenters. The molecule has 0 bridgehead atoms. The van der Waals surface area contributed by atoms with Gasteiger partial charge >= 0.3 is 6.18 Å². The molecule has 0 spiro atoms. The molecule has 0 aliphatic rings. The third-order valence-electron chi connectivity index (χ3n) is 2.43. The largest absolute Gasteiger partial charge is 0.415 e. The van der Waals surface area contributed by atoms with Crippen LogP contribution in [0.25, 0.3) is 0 Å². The Morgan fingerprint density at radius 3 is 2.33 bits per heavy atom. The summed E-state index contributed by atoms with van der Waals surface area (Å²) in [5.74, 6) is -0.750. The number of amides is 1. The van der Waals surface area contributed by atoms with E-state index in [2.05, 4.69) is 5.32 Å². The molecule has 108 valence electrons. The maximum Gasteiger partial charge on any atom is 0.415 e. The summed E-state index contributed by atoms with van der Waals surface area (Å²) in [5, 5.41) is 2.11. The summed E-state index contributed by atoms with van der Waals surface area (Å²) in [7, 11) is 0. The van der Waals surface area contributed by atoms with Gasteiger partial charge in [0.1, 0.15) is 0 Å². The zero-order chi connectivity index (χ0) is 14.4. The maximum absolute atomic E-state index is 12.4. The highest BCUT2D eigenvalue weighted by molar-refractivity contribution is 5.86. The van der Waals surface area contributed by atoms with E-state index in [0.29, 0.717) is 19.4 Å². The van der Waals surface area contributed by atoms with E-state index < -0.39 is 17.6 Å². The van der Waals surface area contributed by atoms with Crippen molar-refractivity contribution < 1.29 is 22.7 Å². The van der Waals surface area contributed by atoms with Gasteiger partial charge in [0.25, 0.3) is 0 Å². The zero-order valence-electron chi connectivity index (χ0n) is 10.9. The monoisotopic (exact) mass is 270 g/mol. The Bertz CT molecular complexity index is 266. The van der Waals surface area contributed by atoms with Crippen LogP contribution in [0.2, 0.25) is 0 Å². The summed E-state index contributed by atoms with van der Waals surface area (Å²) >= 11 is 0. The Hall–Kier alpha value is -0.820. The number of rotatable bonds is 7. The number of carbonyl (C=O) groups is 1. The number of carbonyl (C=O) groups excluding carboxylic acids is 1. The summed E-state index contributed by atoms with van der Waals surface area (Å²) in [6.07, 6.45) is -3.90. The van der Waals surface area contributed by atoms with Crippen molar-refractivity contribution in [2.75, 3.05) is 19.8 Å². The minimum Gasteiger partial charge on any atom is -0.380 e. The molecule has 18 heavy (non-hydrogen) atoms. The van der Waals surface area contributed by atoms with Crippen molar-refractivity contribution >= 4 is 5.91 Å². The van der Waals surface area contributed by atoms with E-state index >= 15 is 0 Å². The Balaban J connectivity index is 3.85. The molecule has 0 saturated carbocycles. The van der Waals surface area contributed by atoms with Gasteiger partial charge in [-0.05, 0) is 19.3 Å². The van der Waals surface area contributed by atoms with Gasteiger partial charge in [0.15, 0.2) is 5.54 Å². The summed E-state index contributed by atoms with van der Waals surface area (Å²) in [6.45, 7) is 5.42. The van der Waals surface area contributed by atoms with Gasteiger partial charge in [0.2, 0.25) is 5.91 Å². The molecule has 4 nitrogen and oxygen atoms in total. The average Bonchev–Trinajstić information content (AvgIpc) is 2.20. The minimum atomic E-state index is -4.77. The summed E-state index contributed by atoms with van der Waals surface area (Å²) in [4.78, 5) is 11.2. The fourth-order valence-electron chi connectivity index (χ4n) is 0.970. The second kappa shape index (κ2) is 6.94. The number of nitrogens with two attached hydrogens (primary N) is 1. The van der Waals surface area contributed by atoms with Crippen LogP contribution in [0, 0.1) is 5.92 Å². The molecule has 0 rings (SSSR count). The molecule has 7 heteroatoms. The molecule has 3 N–H and O–H groups in total. The number of ether oxygens (including phenoxy) is 1. The van der Waals surface area contributed by atoms with Crippen molar-refractivity contribution in [2.45, 2.75) is 38.9 Å². The molecule has 0 aromatic carbocycles. The maximum atomic E-state index is 12.4. The van der Waals surface area contributed by atoms with Crippen molar-refractivity contribution in [3.63, 3.8) is 0 Å². The lowest BCUT2D eigenvalue weighted by molar-refractivity contribution is -0.187. The van der Waals surface area contributed by atoms with Crippen LogP contribution in [0.5, 0.6) is 0 Å². The SMILES string of the molecule is CC(C)CCOCCNC(=O)C(C)(N)C(F)(F)F. The summed E-state index contributed by atoms with van der Waals surface area (Å²) in [6, 6.07) is 0. The lowest BCUT2D eigenvalue weighted by atomic mass is 10.0. The average molecular weight is 270 g/mol. The smallest absolute Gasteiger partial charge is 0.380 e. The molecule has 0 aromatic heterocycles. The van der Waals surface area contributed by atoms with Gasteiger partial charge < -0.3 is 15.8 Å². The first-order valence-corrected chi connectivity index (χ1v) is 5.80. The second-order valence-electron chi connectivity index (χ2n) is 4.75. The Morgan fingerprint density at radius 2 is 1.89 bits per heavy atom. The normalized spacial score (nSPS) is 15.6. The predicted octanol–water partition coefficient (Wildman–Crippen LogP) is 1.44. The first-order valence-electron chi connectivity index (χ1n) is 5.80. The van der Waals surface area contributed by atoms with E-state index in [1.165, 1.54) is 0 Å². The molecule has 1 amide bonds. The molecule has 0 saturated heterocycles. The highest BCUT2D eigenvalue weighted by Gasteiger charge is 2.53. The van der Waals surface area contributed by atoms with Crippen molar-refractivity contribution in [1.29, 1.82) is 0 Å². The van der Waals surface area contributed by atoms with Crippen LogP contribution in [0.3, 0.4) is 0 Å². The molecule has 0 aromatic rings. The van der Waals surface area contributed by atoms with Gasteiger partial charge in [-0.1, -0.05) is 13.8 Å². The number of hydrogen-bond donors (Lipinski definition) is 2. The van der Waals surface area contributed by atoms with Crippen LogP contribution in [0.4, 0.5) is 13.2 Å². The van der Waals surface area contributed by atoms with Gasteiger partial charge in [-0.15, -0.1) is 0 Å². The highest BCUT2D eigenvalue weighted by atomic mass is 19.4. The standard InChI is InChI=1S/C11H21F3N2O2/c1-8(2)4-6-18-7-5-16-9(17)10(3,15)11(12,13)14/h8H,4-7,15H2,1-3H3,(H,16,17). The lowest BCUT2D eigenvalue weighted by Gasteiger charge is -2.26. The first kappa shape index (κ1) is 17.2. The molecular weight excluding hydrogens is 249 g/mol. The van der Waals surface area contributed by atoms with Crippen LogP contribution in [0.1, 0.15) is 27.2 Å². The van der Waals surface area contributed by atoms with Crippen LogP contribution in [-0.2, 0) is 9.53 Å². The topological polar surface area (TPSA) is 64.3 Å². The van der Waals surface area contributed by atoms with Gasteiger partial charge in [-0.3, -0.25) is 4.79 Å². The Morgan fingerprint density at radius 1 is 1.33 bits per heavy atom. The van der Waals surface area contributed by atoms with Gasteiger partial charge in [-0.25, -0.2) is 0 Å². The molecule has 0 aliphatic heterocycles. The van der Waals surface area contributed by atoms with Crippen LogP contribution in [-0.4, -0.2) is 37.4 Å². The van der Waals surface area contributed by atoms with Crippen molar-refractivity contribution in [2.24, 2.45) is 11.7 Å². The van der Waals surface area contributed by atoms with E-state index in [9.17, 15) is 18.0 Å². The van der Waals surface area contributed by atoms with Crippen LogP contribution in [0.15, 0.2) is 0 Å². The fraction of sp³-hybridized carbons (Fsp3) is 0.909. The molecule has 1 atom stereocenters. The Kier molecular flexibility index (Phi) is 6.62. The van der Waals surface area contributed by atoms with Gasteiger partial charge in [0.05, 0.1) is 6.61 Å². The molecule has 0 aliphatic carbocycles. The number of nitrogens with one attached hydrogen (secondary N) is 1. The predicted molar refractivity (Wildman–Crippen MR) is 61.9 cm³/mol. The first-order chi connectivity index (χ1) is 8.09.